The maximum atomic E-state index is 5.81. The SMILES string of the molecule is CCCc1cc(CN)cc(Oc2cccnc2C)n1. The van der Waals surface area contributed by atoms with Crippen LogP contribution in [0.5, 0.6) is 11.6 Å². The van der Waals surface area contributed by atoms with Gasteiger partial charge in [-0.15, -0.1) is 0 Å². The van der Waals surface area contributed by atoms with E-state index in [-0.39, 0.29) is 0 Å². The zero-order chi connectivity index (χ0) is 13.7. The third-order valence-corrected chi connectivity index (χ3v) is 2.83. The molecule has 2 aromatic rings. The van der Waals surface area contributed by atoms with Crippen LogP contribution in [-0.2, 0) is 13.0 Å². The van der Waals surface area contributed by atoms with Gasteiger partial charge in [0.2, 0.25) is 5.88 Å². The lowest BCUT2D eigenvalue weighted by Crippen LogP contribution is -2.02. The molecule has 0 aliphatic rings. The van der Waals surface area contributed by atoms with E-state index in [1.165, 1.54) is 0 Å². The number of rotatable bonds is 5. The number of nitrogens with two attached hydrogens (primary N) is 1. The van der Waals surface area contributed by atoms with Crippen molar-refractivity contribution in [2.45, 2.75) is 33.2 Å². The lowest BCUT2D eigenvalue weighted by molar-refractivity contribution is 0.453. The number of pyridine rings is 2. The second kappa shape index (κ2) is 6.29. The quantitative estimate of drug-likeness (QED) is 0.894. The van der Waals surface area contributed by atoms with Gasteiger partial charge in [-0.3, -0.25) is 4.98 Å². The van der Waals surface area contributed by atoms with Crippen molar-refractivity contribution in [3.05, 3.63) is 47.4 Å². The summed E-state index contributed by atoms with van der Waals surface area (Å²) in [5.41, 5.74) is 8.61. The van der Waals surface area contributed by atoms with Crippen LogP contribution in [0.4, 0.5) is 0 Å². The molecule has 4 heteroatoms. The Labute approximate surface area is 113 Å². The molecule has 0 bridgehead atoms. The fourth-order valence-electron chi connectivity index (χ4n) is 1.86. The largest absolute Gasteiger partial charge is 0.437 e. The smallest absolute Gasteiger partial charge is 0.219 e. The van der Waals surface area contributed by atoms with Crippen LogP contribution in [-0.4, -0.2) is 9.97 Å². The Morgan fingerprint density at radius 3 is 2.84 bits per heavy atom. The van der Waals surface area contributed by atoms with Crippen molar-refractivity contribution in [3.63, 3.8) is 0 Å². The second-order valence-corrected chi connectivity index (χ2v) is 4.45. The Kier molecular flexibility index (Phi) is 4.47. The number of hydrogen-bond acceptors (Lipinski definition) is 4. The van der Waals surface area contributed by atoms with Crippen LogP contribution in [0.25, 0.3) is 0 Å². The standard InChI is InChI=1S/C15H19N3O/c1-3-5-13-8-12(10-16)9-15(18-13)19-14-6-4-7-17-11(14)2/h4,6-9H,3,5,10,16H2,1-2H3. The van der Waals surface area contributed by atoms with Crippen molar-refractivity contribution in [2.24, 2.45) is 5.73 Å². The topological polar surface area (TPSA) is 61.0 Å². The van der Waals surface area contributed by atoms with Gasteiger partial charge in [0.25, 0.3) is 0 Å². The van der Waals surface area contributed by atoms with E-state index in [0.29, 0.717) is 12.4 Å². The first kappa shape index (κ1) is 13.5. The Balaban J connectivity index is 2.29. The second-order valence-electron chi connectivity index (χ2n) is 4.45. The molecule has 0 saturated heterocycles. The van der Waals surface area contributed by atoms with E-state index in [2.05, 4.69) is 16.9 Å². The number of ether oxygens (including phenoxy) is 1. The minimum absolute atomic E-state index is 0.488. The van der Waals surface area contributed by atoms with Crippen LogP contribution in [0.1, 0.15) is 30.3 Å². The van der Waals surface area contributed by atoms with E-state index in [1.54, 1.807) is 6.20 Å². The van der Waals surface area contributed by atoms with Crippen molar-refractivity contribution in [3.8, 4) is 11.6 Å². The van der Waals surface area contributed by atoms with E-state index in [9.17, 15) is 0 Å². The molecule has 0 atom stereocenters. The third kappa shape index (κ3) is 3.51. The summed E-state index contributed by atoms with van der Waals surface area (Å²) in [6, 6.07) is 7.65. The van der Waals surface area contributed by atoms with Crippen LogP contribution in [0.3, 0.4) is 0 Å². The summed E-state index contributed by atoms with van der Waals surface area (Å²) in [6.07, 6.45) is 3.72. The number of aromatic nitrogens is 2. The lowest BCUT2D eigenvalue weighted by Gasteiger charge is -2.10. The van der Waals surface area contributed by atoms with Gasteiger partial charge in [0, 0.05) is 24.5 Å². The summed E-state index contributed by atoms with van der Waals surface area (Å²) in [5, 5.41) is 0. The highest BCUT2D eigenvalue weighted by Gasteiger charge is 2.06. The van der Waals surface area contributed by atoms with Gasteiger partial charge in [-0.2, -0.15) is 0 Å². The number of aryl methyl sites for hydroxylation is 2. The molecule has 0 aliphatic heterocycles. The predicted molar refractivity (Wildman–Crippen MR) is 75.2 cm³/mol. The molecule has 0 spiro atoms. The summed E-state index contributed by atoms with van der Waals surface area (Å²) in [4.78, 5) is 8.70. The Morgan fingerprint density at radius 2 is 2.16 bits per heavy atom. The minimum atomic E-state index is 0.488. The van der Waals surface area contributed by atoms with Gasteiger partial charge < -0.3 is 10.5 Å². The average Bonchev–Trinajstić information content (AvgIpc) is 2.41. The summed E-state index contributed by atoms with van der Waals surface area (Å²) in [6.45, 7) is 4.53. The van der Waals surface area contributed by atoms with Crippen molar-refractivity contribution < 1.29 is 4.74 Å². The zero-order valence-electron chi connectivity index (χ0n) is 11.4. The van der Waals surface area contributed by atoms with E-state index in [4.69, 9.17) is 10.5 Å². The molecule has 100 valence electrons. The van der Waals surface area contributed by atoms with E-state index >= 15 is 0 Å². The summed E-state index contributed by atoms with van der Waals surface area (Å²) < 4.78 is 5.81. The molecular weight excluding hydrogens is 238 g/mol. The van der Waals surface area contributed by atoms with Crippen molar-refractivity contribution in [1.82, 2.24) is 9.97 Å². The van der Waals surface area contributed by atoms with Crippen molar-refractivity contribution in [1.29, 1.82) is 0 Å². The summed E-state index contributed by atoms with van der Waals surface area (Å²) >= 11 is 0. The molecular formula is C15H19N3O. The van der Waals surface area contributed by atoms with E-state index in [0.717, 1.165) is 35.5 Å². The summed E-state index contributed by atoms with van der Waals surface area (Å²) in [5.74, 6) is 1.31. The Hall–Kier alpha value is -1.94. The highest BCUT2D eigenvalue weighted by molar-refractivity contribution is 5.32. The molecule has 0 aromatic carbocycles. The molecule has 2 aromatic heterocycles. The average molecular weight is 257 g/mol. The molecule has 2 heterocycles. The molecule has 4 nitrogen and oxygen atoms in total. The fraction of sp³-hybridized carbons (Fsp3) is 0.333. The monoisotopic (exact) mass is 257 g/mol. The van der Waals surface area contributed by atoms with Crippen LogP contribution in [0.2, 0.25) is 0 Å². The van der Waals surface area contributed by atoms with Gasteiger partial charge in [0.15, 0.2) is 5.75 Å². The first-order valence-electron chi connectivity index (χ1n) is 6.52. The molecule has 0 saturated carbocycles. The minimum Gasteiger partial charge on any atom is -0.437 e. The van der Waals surface area contributed by atoms with Crippen LogP contribution < -0.4 is 10.5 Å². The Morgan fingerprint density at radius 1 is 1.32 bits per heavy atom. The maximum Gasteiger partial charge on any atom is 0.219 e. The lowest BCUT2D eigenvalue weighted by atomic mass is 10.1. The molecule has 0 radical (unpaired) electrons. The van der Waals surface area contributed by atoms with Gasteiger partial charge in [-0.25, -0.2) is 4.98 Å². The van der Waals surface area contributed by atoms with Crippen molar-refractivity contribution in [2.75, 3.05) is 0 Å². The highest BCUT2D eigenvalue weighted by atomic mass is 16.5. The highest BCUT2D eigenvalue weighted by Crippen LogP contribution is 2.23. The van der Waals surface area contributed by atoms with Gasteiger partial charge >= 0.3 is 0 Å². The Bertz CT molecular complexity index is 555. The number of nitrogens with zero attached hydrogens (tertiary/aromatic N) is 2. The van der Waals surface area contributed by atoms with E-state index in [1.807, 2.05) is 31.2 Å². The maximum absolute atomic E-state index is 5.81. The van der Waals surface area contributed by atoms with Gasteiger partial charge in [0.1, 0.15) is 0 Å². The van der Waals surface area contributed by atoms with Gasteiger partial charge in [-0.05, 0) is 37.1 Å². The zero-order valence-corrected chi connectivity index (χ0v) is 11.4. The van der Waals surface area contributed by atoms with Gasteiger partial charge in [-0.1, -0.05) is 13.3 Å². The van der Waals surface area contributed by atoms with Gasteiger partial charge in [0.05, 0.1) is 5.69 Å². The van der Waals surface area contributed by atoms with Crippen LogP contribution >= 0.6 is 0 Å². The third-order valence-electron chi connectivity index (χ3n) is 2.83. The molecule has 0 fully saturated rings. The predicted octanol–water partition coefficient (Wildman–Crippen LogP) is 2.99. The molecule has 0 unspecified atom stereocenters. The normalized spacial score (nSPS) is 10.5. The molecule has 2 N–H and O–H groups in total. The molecule has 19 heavy (non-hydrogen) atoms. The first-order chi connectivity index (χ1) is 9.22. The molecule has 0 aliphatic carbocycles. The van der Waals surface area contributed by atoms with Crippen LogP contribution in [0, 0.1) is 6.92 Å². The first-order valence-corrected chi connectivity index (χ1v) is 6.52. The van der Waals surface area contributed by atoms with Crippen LogP contribution in [0.15, 0.2) is 30.5 Å². The van der Waals surface area contributed by atoms with Crippen molar-refractivity contribution >= 4 is 0 Å². The fourth-order valence-corrected chi connectivity index (χ4v) is 1.86. The van der Waals surface area contributed by atoms with E-state index < -0.39 is 0 Å². The summed E-state index contributed by atoms with van der Waals surface area (Å²) in [7, 11) is 0. The molecule has 2 rings (SSSR count). The number of hydrogen-bond donors (Lipinski definition) is 1. The molecule has 0 amide bonds.